The van der Waals surface area contributed by atoms with Crippen LogP contribution in [-0.2, 0) is 30.2 Å². The van der Waals surface area contributed by atoms with E-state index < -0.39 is 48.8 Å². The van der Waals surface area contributed by atoms with Gasteiger partial charge in [0.1, 0.15) is 12.1 Å². The average Bonchev–Trinajstić information content (AvgIpc) is 2.75. The van der Waals surface area contributed by atoms with E-state index in [1.165, 1.54) is 18.2 Å². The van der Waals surface area contributed by atoms with E-state index in [4.69, 9.17) is 28.4 Å². The minimum atomic E-state index is -1.16. The van der Waals surface area contributed by atoms with E-state index in [9.17, 15) is 24.3 Å². The first-order valence-electron chi connectivity index (χ1n) is 12.2. The fourth-order valence-corrected chi connectivity index (χ4v) is 2.76. The lowest BCUT2D eigenvalue weighted by Crippen LogP contribution is -2.42. The molecule has 2 N–H and O–H groups in total. The minimum Gasteiger partial charge on any atom is -0.480 e. The molecule has 1 aromatic rings. The van der Waals surface area contributed by atoms with Gasteiger partial charge in [-0.1, -0.05) is 26.8 Å². The van der Waals surface area contributed by atoms with Crippen LogP contribution in [0, 0.1) is 5.41 Å². The van der Waals surface area contributed by atoms with Crippen molar-refractivity contribution in [3.8, 4) is 11.5 Å². The molecule has 0 saturated heterocycles. The highest BCUT2D eigenvalue weighted by atomic mass is 16.8. The Bertz CT molecular complexity index is 953. The number of hydrogen-bond acceptors (Lipinski definition) is 11. The lowest BCUT2D eigenvalue weighted by atomic mass is 9.99. The Labute approximate surface area is 222 Å². The van der Waals surface area contributed by atoms with E-state index in [0.717, 1.165) is 0 Å². The normalized spacial score (nSPS) is 12.9. The smallest absolute Gasteiger partial charge is 0.480 e. The lowest BCUT2D eigenvalue weighted by molar-refractivity contribution is -0.139. The van der Waals surface area contributed by atoms with Crippen molar-refractivity contribution in [2.45, 2.75) is 86.2 Å². The van der Waals surface area contributed by atoms with Gasteiger partial charge >= 0.3 is 24.4 Å². The summed E-state index contributed by atoms with van der Waals surface area (Å²) in [5, 5.41) is 12.5. The van der Waals surface area contributed by atoms with E-state index in [2.05, 4.69) is 5.32 Å². The molecule has 0 saturated carbocycles. The molecule has 0 aliphatic heterocycles. The maximum Gasteiger partial charge on any atom is 0.514 e. The predicted octanol–water partition coefficient (Wildman–Crippen LogP) is 4.71. The first-order valence-corrected chi connectivity index (χ1v) is 12.2. The maximum atomic E-state index is 12.1. The van der Waals surface area contributed by atoms with Crippen molar-refractivity contribution in [2.24, 2.45) is 5.41 Å². The summed E-state index contributed by atoms with van der Waals surface area (Å²) in [7, 11) is 0. The Morgan fingerprint density at radius 3 is 1.89 bits per heavy atom. The van der Waals surface area contributed by atoms with Gasteiger partial charge in [0.25, 0.3) is 0 Å². The summed E-state index contributed by atoms with van der Waals surface area (Å²) in [4.78, 5) is 47.7. The second kappa shape index (κ2) is 15.0. The number of carboxylic acid groups (broad SMARTS) is 1. The van der Waals surface area contributed by atoms with Crippen molar-refractivity contribution in [3.05, 3.63) is 23.8 Å². The van der Waals surface area contributed by atoms with Crippen LogP contribution in [0.3, 0.4) is 0 Å². The van der Waals surface area contributed by atoms with E-state index in [1.807, 2.05) is 20.8 Å². The second-order valence-electron chi connectivity index (χ2n) is 10.3. The van der Waals surface area contributed by atoms with Gasteiger partial charge in [0, 0.05) is 6.54 Å². The molecule has 12 heteroatoms. The zero-order chi connectivity index (χ0) is 29.0. The van der Waals surface area contributed by atoms with Gasteiger partial charge in [-0.3, -0.25) is 4.79 Å². The summed E-state index contributed by atoms with van der Waals surface area (Å²) < 4.78 is 30.5. The Morgan fingerprint density at radius 1 is 0.842 bits per heavy atom. The molecule has 0 heterocycles. The van der Waals surface area contributed by atoms with Crippen LogP contribution in [0.1, 0.15) is 61.0 Å². The van der Waals surface area contributed by atoms with Crippen LogP contribution in [0.25, 0.3) is 0 Å². The van der Waals surface area contributed by atoms with Gasteiger partial charge in [-0.2, -0.15) is 0 Å². The van der Waals surface area contributed by atoms with E-state index >= 15 is 0 Å². The van der Waals surface area contributed by atoms with Crippen molar-refractivity contribution in [1.82, 2.24) is 5.32 Å². The van der Waals surface area contributed by atoms with Crippen LogP contribution in [0.2, 0.25) is 0 Å². The first-order chi connectivity index (χ1) is 17.6. The molecule has 0 bridgehead atoms. The lowest BCUT2D eigenvalue weighted by Gasteiger charge is -2.21. The molecule has 2 atom stereocenters. The Balaban J connectivity index is 2.93. The van der Waals surface area contributed by atoms with Crippen molar-refractivity contribution < 1.29 is 52.7 Å². The van der Waals surface area contributed by atoms with Gasteiger partial charge in [-0.15, -0.1) is 0 Å². The standard InChI is InChI=1S/C26H39NO11/c1-15(2)34-24(31)37-20-10-9-18(12-21(20)38-25(32)35-16(3)4)11-19(22(28)29)27-13-17(5)36-23(30)33-14-26(6,7)8/h9-10,12,15-17,19,27H,11,13-14H2,1-8H3,(H,28,29)/t17?,19-/m0/s1. The third-order valence-electron chi connectivity index (χ3n) is 4.37. The number of carbonyl (C=O) groups excluding carboxylic acids is 3. The monoisotopic (exact) mass is 541 g/mol. The fraction of sp³-hybridized carbons (Fsp3) is 0.615. The zero-order valence-corrected chi connectivity index (χ0v) is 23.2. The molecule has 0 radical (unpaired) electrons. The average molecular weight is 542 g/mol. The van der Waals surface area contributed by atoms with Gasteiger partial charge in [0.05, 0.1) is 18.8 Å². The molecule has 0 amide bonds. The Hall–Kier alpha value is -3.54. The van der Waals surface area contributed by atoms with Crippen LogP contribution >= 0.6 is 0 Å². The van der Waals surface area contributed by atoms with E-state index in [1.54, 1.807) is 34.6 Å². The zero-order valence-electron chi connectivity index (χ0n) is 23.2. The minimum absolute atomic E-state index is 0.0356. The number of nitrogens with one attached hydrogen (secondary N) is 1. The van der Waals surface area contributed by atoms with E-state index in [-0.39, 0.29) is 36.5 Å². The van der Waals surface area contributed by atoms with Crippen LogP contribution < -0.4 is 14.8 Å². The highest BCUT2D eigenvalue weighted by Crippen LogP contribution is 2.30. The number of carbonyl (C=O) groups is 4. The van der Waals surface area contributed by atoms with Crippen molar-refractivity contribution in [1.29, 1.82) is 0 Å². The fourth-order valence-electron chi connectivity index (χ4n) is 2.76. The number of hydrogen-bond donors (Lipinski definition) is 2. The van der Waals surface area contributed by atoms with Crippen LogP contribution in [0.5, 0.6) is 11.5 Å². The van der Waals surface area contributed by atoms with Gasteiger partial charge < -0.3 is 38.8 Å². The summed E-state index contributed by atoms with van der Waals surface area (Å²) >= 11 is 0. The third-order valence-corrected chi connectivity index (χ3v) is 4.37. The van der Waals surface area contributed by atoms with E-state index in [0.29, 0.717) is 5.56 Å². The third kappa shape index (κ3) is 13.7. The topological polar surface area (TPSA) is 156 Å². The Kier molecular flexibility index (Phi) is 12.8. The predicted molar refractivity (Wildman–Crippen MR) is 135 cm³/mol. The quantitative estimate of drug-likeness (QED) is 0.214. The molecule has 12 nitrogen and oxygen atoms in total. The largest absolute Gasteiger partial charge is 0.514 e. The van der Waals surface area contributed by atoms with Gasteiger partial charge in [0.15, 0.2) is 11.5 Å². The summed E-state index contributed by atoms with van der Waals surface area (Å²) in [6.07, 6.45) is -4.49. The van der Waals surface area contributed by atoms with Crippen molar-refractivity contribution >= 4 is 24.4 Å². The molecular formula is C26H39NO11. The molecular weight excluding hydrogens is 502 g/mol. The molecule has 0 aromatic heterocycles. The second-order valence-corrected chi connectivity index (χ2v) is 10.3. The number of benzene rings is 1. The van der Waals surface area contributed by atoms with Gasteiger partial charge in [-0.05, 0) is 64.2 Å². The first kappa shape index (κ1) is 32.5. The van der Waals surface area contributed by atoms with Gasteiger partial charge in [-0.25, -0.2) is 14.4 Å². The molecule has 1 unspecified atom stereocenters. The molecule has 214 valence electrons. The molecule has 38 heavy (non-hydrogen) atoms. The molecule has 1 aromatic carbocycles. The molecule has 0 spiro atoms. The molecule has 0 aliphatic rings. The van der Waals surface area contributed by atoms with Crippen LogP contribution in [0.15, 0.2) is 18.2 Å². The highest BCUT2D eigenvalue weighted by Gasteiger charge is 2.23. The molecule has 1 rings (SSSR count). The maximum absolute atomic E-state index is 12.1. The van der Waals surface area contributed by atoms with Crippen molar-refractivity contribution in [3.63, 3.8) is 0 Å². The summed E-state index contributed by atoms with van der Waals surface area (Å²) in [6.45, 7) is 14.1. The van der Waals surface area contributed by atoms with Gasteiger partial charge in [0.2, 0.25) is 0 Å². The summed E-state index contributed by atoms with van der Waals surface area (Å²) in [6, 6.07) is 3.14. The summed E-state index contributed by atoms with van der Waals surface area (Å²) in [5.74, 6) is -1.43. The Morgan fingerprint density at radius 2 is 1.39 bits per heavy atom. The molecule has 0 aliphatic carbocycles. The number of ether oxygens (including phenoxy) is 6. The number of carboxylic acids is 1. The van der Waals surface area contributed by atoms with Crippen LogP contribution in [-0.4, -0.2) is 67.0 Å². The molecule has 0 fully saturated rings. The summed E-state index contributed by atoms with van der Waals surface area (Å²) in [5.41, 5.74) is 0.221. The van der Waals surface area contributed by atoms with Crippen LogP contribution in [0.4, 0.5) is 14.4 Å². The van der Waals surface area contributed by atoms with Crippen molar-refractivity contribution in [2.75, 3.05) is 13.2 Å². The number of rotatable bonds is 12. The highest BCUT2D eigenvalue weighted by molar-refractivity contribution is 5.74. The SMILES string of the molecule is CC(C)OC(=O)Oc1ccc(C[C@H](NCC(C)OC(=O)OCC(C)(C)C)C(=O)O)cc1OC(=O)OC(C)C. The number of aliphatic carboxylic acids is 1.